The maximum atomic E-state index is 12.1. The molecule has 5 nitrogen and oxygen atoms in total. The zero-order valence-electron chi connectivity index (χ0n) is 11.1. The van der Waals surface area contributed by atoms with Gasteiger partial charge in [0.05, 0.1) is 12.1 Å². The third-order valence-corrected chi connectivity index (χ3v) is 2.92. The van der Waals surface area contributed by atoms with Crippen LogP contribution < -0.4 is 16.2 Å². The fourth-order valence-electron chi connectivity index (χ4n) is 1.87. The Kier molecular flexibility index (Phi) is 3.52. The number of para-hydroxylation sites is 1. The molecule has 1 heterocycles. The number of hydrazine groups is 1. The minimum atomic E-state index is -0.149. The molecule has 0 fully saturated rings. The van der Waals surface area contributed by atoms with Crippen LogP contribution in [0.2, 0.25) is 0 Å². The first-order valence-corrected chi connectivity index (χ1v) is 6.38. The van der Waals surface area contributed by atoms with Gasteiger partial charge in [-0.05, 0) is 24.3 Å². The van der Waals surface area contributed by atoms with Crippen molar-refractivity contribution in [3.05, 3.63) is 65.7 Å². The number of amidine groups is 1. The first-order valence-electron chi connectivity index (χ1n) is 6.38. The van der Waals surface area contributed by atoms with Gasteiger partial charge in [-0.1, -0.05) is 30.3 Å². The largest absolute Gasteiger partial charge is 0.322 e. The first-order chi connectivity index (χ1) is 10.3. The van der Waals surface area contributed by atoms with Gasteiger partial charge in [0.25, 0.3) is 5.91 Å². The SMILES string of the molecule is O=C(Nc1ccccc1)c1ccc(C2=NC#CNN2)cc1. The van der Waals surface area contributed by atoms with Crippen molar-refractivity contribution in [1.82, 2.24) is 10.9 Å². The van der Waals surface area contributed by atoms with Crippen LogP contribution in [0.15, 0.2) is 59.6 Å². The molecule has 0 unspecified atom stereocenters. The molecule has 0 aliphatic carbocycles. The Morgan fingerprint density at radius 3 is 2.48 bits per heavy atom. The zero-order valence-corrected chi connectivity index (χ0v) is 11.1. The second kappa shape index (κ2) is 5.80. The molecule has 3 N–H and O–H groups in total. The van der Waals surface area contributed by atoms with Crippen LogP contribution in [0.5, 0.6) is 0 Å². The van der Waals surface area contributed by atoms with Crippen LogP contribution in [-0.4, -0.2) is 11.7 Å². The summed E-state index contributed by atoms with van der Waals surface area (Å²) in [5, 5.41) is 2.84. The van der Waals surface area contributed by atoms with Gasteiger partial charge in [0.1, 0.15) is 0 Å². The van der Waals surface area contributed by atoms with Crippen molar-refractivity contribution in [2.45, 2.75) is 0 Å². The smallest absolute Gasteiger partial charge is 0.255 e. The van der Waals surface area contributed by atoms with E-state index in [0.717, 1.165) is 11.3 Å². The molecule has 2 aromatic rings. The summed E-state index contributed by atoms with van der Waals surface area (Å²) in [6.45, 7) is 0. The van der Waals surface area contributed by atoms with Crippen molar-refractivity contribution in [3.8, 4) is 12.1 Å². The van der Waals surface area contributed by atoms with Crippen molar-refractivity contribution in [2.24, 2.45) is 4.99 Å². The third-order valence-electron chi connectivity index (χ3n) is 2.92. The van der Waals surface area contributed by atoms with E-state index in [4.69, 9.17) is 0 Å². The molecular weight excluding hydrogens is 264 g/mol. The number of anilines is 1. The number of hydrogen-bond acceptors (Lipinski definition) is 4. The Hall–Kier alpha value is -3.26. The van der Waals surface area contributed by atoms with E-state index in [9.17, 15) is 4.79 Å². The number of rotatable bonds is 3. The third kappa shape index (κ3) is 3.01. The Morgan fingerprint density at radius 1 is 1.05 bits per heavy atom. The minimum Gasteiger partial charge on any atom is -0.322 e. The van der Waals surface area contributed by atoms with Crippen LogP contribution in [0.25, 0.3) is 0 Å². The van der Waals surface area contributed by atoms with Crippen LogP contribution in [0.1, 0.15) is 15.9 Å². The van der Waals surface area contributed by atoms with Gasteiger partial charge >= 0.3 is 0 Å². The predicted molar refractivity (Wildman–Crippen MR) is 81.4 cm³/mol. The molecule has 1 aliphatic heterocycles. The zero-order chi connectivity index (χ0) is 14.5. The van der Waals surface area contributed by atoms with Crippen LogP contribution in [0, 0.1) is 12.1 Å². The number of amides is 1. The first kappa shape index (κ1) is 12.8. The molecule has 0 saturated heterocycles. The topological polar surface area (TPSA) is 65.5 Å². The summed E-state index contributed by atoms with van der Waals surface area (Å²) in [6.07, 6.45) is 0. The lowest BCUT2D eigenvalue weighted by Crippen LogP contribution is -2.36. The molecule has 102 valence electrons. The summed E-state index contributed by atoms with van der Waals surface area (Å²) in [4.78, 5) is 16.1. The van der Waals surface area contributed by atoms with Crippen molar-refractivity contribution < 1.29 is 4.79 Å². The summed E-state index contributed by atoms with van der Waals surface area (Å²) < 4.78 is 0. The Bertz CT molecular complexity index is 739. The number of benzene rings is 2. The molecule has 0 bridgehead atoms. The lowest BCUT2D eigenvalue weighted by molar-refractivity contribution is 0.102. The quantitative estimate of drug-likeness (QED) is 0.748. The molecule has 1 aliphatic rings. The molecule has 3 rings (SSSR count). The van der Waals surface area contributed by atoms with Gasteiger partial charge in [0.2, 0.25) is 0 Å². The number of nitrogens with zero attached hydrogens (tertiary/aromatic N) is 1. The lowest BCUT2D eigenvalue weighted by atomic mass is 10.1. The van der Waals surface area contributed by atoms with Crippen LogP contribution in [0.4, 0.5) is 5.69 Å². The highest BCUT2D eigenvalue weighted by Gasteiger charge is 2.08. The molecule has 5 heteroatoms. The van der Waals surface area contributed by atoms with Crippen molar-refractivity contribution >= 4 is 17.4 Å². The Morgan fingerprint density at radius 2 is 1.81 bits per heavy atom. The molecule has 21 heavy (non-hydrogen) atoms. The van der Waals surface area contributed by atoms with Crippen LogP contribution >= 0.6 is 0 Å². The van der Waals surface area contributed by atoms with Crippen LogP contribution in [-0.2, 0) is 0 Å². The normalized spacial score (nSPS) is 12.1. The lowest BCUT2D eigenvalue weighted by Gasteiger charge is -2.10. The van der Waals surface area contributed by atoms with Gasteiger partial charge in [-0.3, -0.25) is 15.6 Å². The molecule has 0 radical (unpaired) electrons. The average molecular weight is 276 g/mol. The monoisotopic (exact) mass is 276 g/mol. The molecule has 2 aromatic carbocycles. The van der Waals surface area contributed by atoms with Gasteiger partial charge in [-0.25, -0.2) is 0 Å². The Balaban J connectivity index is 1.74. The van der Waals surface area contributed by atoms with Gasteiger partial charge < -0.3 is 5.32 Å². The molecule has 0 aromatic heterocycles. The van der Waals surface area contributed by atoms with E-state index in [1.165, 1.54) is 0 Å². The number of hydrogen-bond donors (Lipinski definition) is 3. The molecule has 1 amide bonds. The second-order valence-electron chi connectivity index (χ2n) is 4.34. The summed E-state index contributed by atoms with van der Waals surface area (Å²) in [7, 11) is 0. The number of aliphatic imine (C=N–C) groups is 1. The van der Waals surface area contributed by atoms with E-state index in [0.29, 0.717) is 11.4 Å². The highest BCUT2D eigenvalue weighted by atomic mass is 16.1. The van der Waals surface area contributed by atoms with Gasteiger partial charge in [0.15, 0.2) is 5.84 Å². The van der Waals surface area contributed by atoms with Crippen LogP contribution in [0.3, 0.4) is 0 Å². The summed E-state index contributed by atoms with van der Waals surface area (Å²) in [5.74, 6) is 0.480. The Labute approximate surface area is 122 Å². The van der Waals surface area contributed by atoms with E-state index >= 15 is 0 Å². The van der Waals surface area contributed by atoms with E-state index in [2.05, 4.69) is 33.2 Å². The number of carbonyl (C=O) groups excluding carboxylic acids is 1. The highest BCUT2D eigenvalue weighted by Crippen LogP contribution is 2.10. The van der Waals surface area contributed by atoms with E-state index < -0.39 is 0 Å². The fourth-order valence-corrected chi connectivity index (χ4v) is 1.87. The van der Waals surface area contributed by atoms with Gasteiger partial charge in [0, 0.05) is 16.8 Å². The van der Waals surface area contributed by atoms with Gasteiger partial charge in [-0.2, -0.15) is 4.99 Å². The summed E-state index contributed by atoms with van der Waals surface area (Å²) in [5.41, 5.74) is 7.74. The molecule has 0 saturated carbocycles. The van der Waals surface area contributed by atoms with E-state index in [-0.39, 0.29) is 5.91 Å². The van der Waals surface area contributed by atoms with E-state index in [1.54, 1.807) is 12.1 Å². The fraction of sp³-hybridized carbons (Fsp3) is 0. The standard InChI is InChI=1S/C16H12N4O/c21-16(19-14-4-2-1-3-5-14)13-8-6-12(7-9-13)15-17-10-11-18-20-15/h1-9,18H,(H,17,20)(H,19,21). The number of carbonyl (C=O) groups is 1. The second-order valence-corrected chi connectivity index (χ2v) is 4.34. The van der Waals surface area contributed by atoms with Crippen molar-refractivity contribution in [3.63, 3.8) is 0 Å². The van der Waals surface area contributed by atoms with E-state index in [1.807, 2.05) is 42.5 Å². The highest BCUT2D eigenvalue weighted by molar-refractivity contribution is 6.05. The number of nitrogens with one attached hydrogen (secondary N) is 3. The maximum absolute atomic E-state index is 12.1. The minimum absolute atomic E-state index is 0.149. The van der Waals surface area contributed by atoms with Gasteiger partial charge in [-0.15, -0.1) is 0 Å². The predicted octanol–water partition coefficient (Wildman–Crippen LogP) is 1.71. The average Bonchev–Trinajstić information content (AvgIpc) is 2.57. The van der Waals surface area contributed by atoms with Crippen molar-refractivity contribution in [2.75, 3.05) is 5.32 Å². The van der Waals surface area contributed by atoms with Crippen molar-refractivity contribution in [1.29, 1.82) is 0 Å². The molecule has 0 spiro atoms. The molecular formula is C16H12N4O. The maximum Gasteiger partial charge on any atom is 0.255 e. The molecule has 0 atom stereocenters. The summed E-state index contributed by atoms with van der Waals surface area (Å²) in [6, 6.07) is 21.6. The summed E-state index contributed by atoms with van der Waals surface area (Å²) >= 11 is 0.